The number of nitrogens with zero attached hydrogens (tertiary/aromatic N) is 2. The molecule has 37 heavy (non-hydrogen) atoms. The van der Waals surface area contributed by atoms with Crippen molar-refractivity contribution in [1.29, 1.82) is 0 Å². The lowest BCUT2D eigenvalue weighted by molar-refractivity contribution is 0.0924. The molecule has 2 atom stereocenters. The highest BCUT2D eigenvalue weighted by Crippen LogP contribution is 2.38. The summed E-state index contributed by atoms with van der Waals surface area (Å²) < 4.78 is 0. The Balaban J connectivity index is 1.25. The van der Waals surface area contributed by atoms with Crippen LogP contribution in [0, 0.1) is 0 Å². The molecule has 0 spiro atoms. The summed E-state index contributed by atoms with van der Waals surface area (Å²) in [7, 11) is 0. The van der Waals surface area contributed by atoms with Crippen LogP contribution in [0.25, 0.3) is 0 Å². The topological polar surface area (TPSA) is 164 Å². The smallest absolute Gasteiger partial charge is 0.251 e. The number of pyridine rings is 1. The average Bonchev–Trinajstić information content (AvgIpc) is 3.15. The molecular weight excluding hydrogens is 472 g/mol. The quantitative estimate of drug-likeness (QED) is 0.383. The van der Waals surface area contributed by atoms with Crippen molar-refractivity contribution in [1.82, 2.24) is 10.3 Å². The summed E-state index contributed by atoms with van der Waals surface area (Å²) in [5, 5.41) is 16.4. The molecule has 0 radical (unpaired) electrons. The van der Waals surface area contributed by atoms with E-state index in [0.717, 1.165) is 44.3 Å². The maximum Gasteiger partial charge on any atom is 0.251 e. The lowest BCUT2D eigenvalue weighted by Crippen LogP contribution is -2.50. The van der Waals surface area contributed by atoms with Crippen LogP contribution in [0.2, 0.25) is 0 Å². The normalized spacial score (nSPS) is 26.9. The minimum atomic E-state index is -0.549. The third-order valence-corrected chi connectivity index (χ3v) is 7.97. The third kappa shape index (κ3) is 5.39. The molecule has 2 saturated heterocycles. The number of primary amides is 2. The maximum atomic E-state index is 13.2. The van der Waals surface area contributed by atoms with Gasteiger partial charge in [-0.2, -0.15) is 0 Å². The highest BCUT2D eigenvalue weighted by atomic mass is 16.3. The van der Waals surface area contributed by atoms with Gasteiger partial charge in [0, 0.05) is 41.6 Å². The number of nitrogens with two attached hydrogens (primary N) is 2. The largest absolute Gasteiger partial charge is 0.393 e. The molecular formula is C27H34N6O4. The van der Waals surface area contributed by atoms with Crippen molar-refractivity contribution in [2.75, 3.05) is 10.2 Å². The number of hydrogen-bond donors (Lipinski definition) is 5. The number of carbonyl (C=O) groups is 3. The van der Waals surface area contributed by atoms with Crippen LogP contribution >= 0.6 is 0 Å². The number of nitrogens with one attached hydrogen (secondary N) is 2. The van der Waals surface area contributed by atoms with Crippen LogP contribution in [0.5, 0.6) is 0 Å². The van der Waals surface area contributed by atoms with Crippen molar-refractivity contribution in [3.8, 4) is 0 Å². The van der Waals surface area contributed by atoms with Crippen molar-refractivity contribution in [3.05, 3.63) is 53.2 Å². The number of anilines is 2. The van der Waals surface area contributed by atoms with Gasteiger partial charge in [-0.3, -0.25) is 14.4 Å². The molecule has 1 saturated carbocycles. The molecule has 2 aromatic rings. The van der Waals surface area contributed by atoms with Gasteiger partial charge in [0.25, 0.3) is 11.8 Å². The second-order valence-corrected chi connectivity index (χ2v) is 10.5. The number of aliphatic hydroxyl groups is 1. The predicted octanol–water partition coefficient (Wildman–Crippen LogP) is 1.92. The summed E-state index contributed by atoms with van der Waals surface area (Å²) in [6.07, 6.45) is 7.87. The van der Waals surface area contributed by atoms with Gasteiger partial charge in [-0.05, 0) is 81.7 Å². The maximum absolute atomic E-state index is 13.2. The number of aliphatic hydroxyl groups excluding tert-OH is 1. The molecule has 10 heteroatoms. The first-order valence-corrected chi connectivity index (χ1v) is 13.0. The highest BCUT2D eigenvalue weighted by molar-refractivity contribution is 6.02. The molecule has 1 aliphatic carbocycles. The van der Waals surface area contributed by atoms with Gasteiger partial charge in [-0.25, -0.2) is 4.98 Å². The number of benzene rings is 1. The van der Waals surface area contributed by atoms with Crippen molar-refractivity contribution >= 4 is 29.2 Å². The zero-order valence-corrected chi connectivity index (χ0v) is 20.7. The van der Waals surface area contributed by atoms with E-state index in [9.17, 15) is 19.5 Å². The van der Waals surface area contributed by atoms with Gasteiger partial charge in [-0.1, -0.05) is 0 Å². The van der Waals surface area contributed by atoms with E-state index in [4.69, 9.17) is 11.5 Å². The van der Waals surface area contributed by atoms with Gasteiger partial charge in [0.05, 0.1) is 17.2 Å². The Morgan fingerprint density at radius 3 is 2.14 bits per heavy atom. The summed E-state index contributed by atoms with van der Waals surface area (Å²) in [6.45, 7) is 0. The zero-order valence-electron chi connectivity index (χ0n) is 20.7. The number of aromatic nitrogens is 1. The fraction of sp³-hybridized carbons (Fsp3) is 0.481. The first-order chi connectivity index (χ1) is 17.8. The fourth-order valence-electron chi connectivity index (χ4n) is 6.08. The average molecular weight is 507 g/mol. The van der Waals surface area contributed by atoms with E-state index in [-0.39, 0.29) is 36.2 Å². The summed E-state index contributed by atoms with van der Waals surface area (Å²) in [4.78, 5) is 43.3. The van der Waals surface area contributed by atoms with E-state index in [1.165, 1.54) is 6.20 Å². The van der Waals surface area contributed by atoms with Crippen LogP contribution in [-0.2, 0) is 0 Å². The van der Waals surface area contributed by atoms with Crippen molar-refractivity contribution < 1.29 is 19.5 Å². The van der Waals surface area contributed by atoms with Crippen molar-refractivity contribution in [2.24, 2.45) is 11.5 Å². The Kier molecular flexibility index (Phi) is 7.01. The highest BCUT2D eigenvalue weighted by Gasteiger charge is 2.41. The van der Waals surface area contributed by atoms with Crippen LogP contribution < -0.4 is 27.0 Å². The second kappa shape index (κ2) is 10.4. The number of hydrogen-bond acceptors (Lipinski definition) is 7. The van der Waals surface area contributed by atoms with Crippen LogP contribution in [0.15, 0.2) is 36.5 Å². The lowest BCUT2D eigenvalue weighted by Gasteiger charge is -2.40. The zero-order chi connectivity index (χ0) is 26.1. The summed E-state index contributed by atoms with van der Waals surface area (Å²) in [5.41, 5.74) is 12.7. The molecule has 1 aromatic carbocycles. The molecule has 3 fully saturated rings. The van der Waals surface area contributed by atoms with Crippen LogP contribution in [0.4, 0.5) is 11.5 Å². The molecule has 1 aromatic heterocycles. The van der Waals surface area contributed by atoms with E-state index < -0.39 is 11.8 Å². The number of amides is 3. The minimum Gasteiger partial charge on any atom is -0.393 e. The molecule has 3 aliphatic rings. The van der Waals surface area contributed by atoms with Crippen molar-refractivity contribution in [2.45, 2.75) is 81.6 Å². The number of piperidine rings is 1. The van der Waals surface area contributed by atoms with Crippen LogP contribution in [0.3, 0.4) is 0 Å². The Hall–Kier alpha value is -3.66. The first kappa shape index (κ1) is 25.0. The standard InChI is InChI=1S/C27H34N6O4/c28-25(35)16-2-10-24(30-14-16)33-19-5-6-20(33)13-18(12-19)32-27(37)15-1-9-22(26(29)36)23(11-15)31-17-3-7-21(34)8-4-17/h1-2,9-11,14,17-21,31,34H,3-8,12-13H2,(H2,28,35)(H2,29,36)(H,32,37)/t17-,18?,19?,20?,21-. The molecule has 10 nitrogen and oxygen atoms in total. The first-order valence-electron chi connectivity index (χ1n) is 13.0. The van der Waals surface area contributed by atoms with Gasteiger partial charge in [0.2, 0.25) is 5.91 Å². The Bertz CT molecular complexity index is 1160. The Labute approximate surface area is 215 Å². The lowest BCUT2D eigenvalue weighted by atomic mass is 9.92. The van der Waals surface area contributed by atoms with Gasteiger partial charge in [0.15, 0.2) is 0 Å². The predicted molar refractivity (Wildman–Crippen MR) is 139 cm³/mol. The summed E-state index contributed by atoms with van der Waals surface area (Å²) in [5.74, 6) is -0.398. The molecule has 7 N–H and O–H groups in total. The van der Waals surface area contributed by atoms with Gasteiger partial charge in [-0.15, -0.1) is 0 Å². The summed E-state index contributed by atoms with van der Waals surface area (Å²) >= 11 is 0. The van der Waals surface area contributed by atoms with Gasteiger partial charge in [0.1, 0.15) is 5.82 Å². The fourth-order valence-corrected chi connectivity index (χ4v) is 6.08. The molecule has 3 amide bonds. The van der Waals surface area contributed by atoms with Gasteiger partial charge < -0.3 is 32.1 Å². The monoisotopic (exact) mass is 506 g/mol. The van der Waals surface area contributed by atoms with E-state index in [0.29, 0.717) is 35.2 Å². The van der Waals surface area contributed by atoms with E-state index in [2.05, 4.69) is 20.5 Å². The molecule has 3 heterocycles. The minimum absolute atomic E-state index is 0.0261. The number of carbonyl (C=O) groups excluding carboxylic acids is 3. The van der Waals surface area contributed by atoms with Crippen LogP contribution in [0.1, 0.15) is 82.4 Å². The molecule has 196 valence electrons. The van der Waals surface area contributed by atoms with Crippen molar-refractivity contribution in [3.63, 3.8) is 0 Å². The van der Waals surface area contributed by atoms with Crippen LogP contribution in [-0.4, -0.2) is 58.1 Å². The number of rotatable bonds is 7. The second-order valence-electron chi connectivity index (χ2n) is 10.5. The van der Waals surface area contributed by atoms with Gasteiger partial charge >= 0.3 is 0 Å². The number of fused-ring (bicyclic) bond motifs is 2. The summed E-state index contributed by atoms with van der Waals surface area (Å²) in [6, 6.07) is 9.14. The van der Waals surface area contributed by atoms with E-state index in [1.54, 1.807) is 24.3 Å². The SMILES string of the molecule is NC(=O)c1ccc(N2C3CCC2CC(NC(=O)c2ccc(C(N)=O)c(N[C@H]4CC[C@H](O)CC4)c2)C3)nc1. The Morgan fingerprint density at radius 1 is 0.865 bits per heavy atom. The molecule has 2 unspecified atom stereocenters. The Morgan fingerprint density at radius 2 is 1.54 bits per heavy atom. The third-order valence-electron chi connectivity index (χ3n) is 7.97. The molecule has 2 aliphatic heterocycles. The molecule has 5 rings (SSSR count). The van der Waals surface area contributed by atoms with E-state index in [1.807, 2.05) is 6.07 Å². The molecule has 2 bridgehead atoms. The van der Waals surface area contributed by atoms with E-state index >= 15 is 0 Å².